The van der Waals surface area contributed by atoms with E-state index < -0.39 is 35.7 Å². The minimum atomic E-state index is -0.909. The number of carbonyl (C=O) groups is 4. The molecule has 0 unspecified atom stereocenters. The lowest BCUT2D eigenvalue weighted by Crippen LogP contribution is -2.46. The molecule has 4 atom stereocenters. The number of ether oxygens (including phenoxy) is 1. The number of allylic oxidation sites excluding steroid dienone is 2. The molecule has 194 valence electrons. The summed E-state index contributed by atoms with van der Waals surface area (Å²) in [5.74, 6) is -2.41. The number of benzene rings is 3. The molecule has 7 nitrogen and oxygen atoms in total. The lowest BCUT2D eigenvalue weighted by Gasteiger charge is -2.32. The van der Waals surface area contributed by atoms with E-state index >= 15 is 0 Å². The van der Waals surface area contributed by atoms with Crippen molar-refractivity contribution in [2.24, 2.45) is 11.8 Å². The predicted octanol–water partition coefficient (Wildman–Crippen LogP) is 4.84. The minimum absolute atomic E-state index is 0.186. The topological polar surface area (TPSA) is 84.0 Å². The molecule has 0 bridgehead atoms. The molecule has 0 saturated carbocycles. The third kappa shape index (κ3) is 4.12. The zero-order valence-electron chi connectivity index (χ0n) is 20.9. The molecule has 3 aliphatic heterocycles. The summed E-state index contributed by atoms with van der Waals surface area (Å²) in [5, 5.41) is 0. The van der Waals surface area contributed by atoms with Gasteiger partial charge in [0.1, 0.15) is 11.8 Å². The van der Waals surface area contributed by atoms with Gasteiger partial charge in [-0.25, -0.2) is 4.90 Å². The first-order valence-electron chi connectivity index (χ1n) is 12.5. The van der Waals surface area contributed by atoms with Gasteiger partial charge in [0.25, 0.3) is 0 Å². The van der Waals surface area contributed by atoms with Gasteiger partial charge in [0.2, 0.25) is 11.8 Å². The van der Waals surface area contributed by atoms with Gasteiger partial charge >= 0.3 is 0 Å². The number of amides is 2. The second-order valence-electron chi connectivity index (χ2n) is 9.65. The number of rotatable bonds is 6. The second-order valence-corrected chi connectivity index (χ2v) is 10.6. The van der Waals surface area contributed by atoms with Crippen LogP contribution >= 0.6 is 15.9 Å². The zero-order valence-corrected chi connectivity index (χ0v) is 22.4. The van der Waals surface area contributed by atoms with Crippen LogP contribution in [0.1, 0.15) is 20.7 Å². The fourth-order valence-corrected chi connectivity index (χ4v) is 5.99. The van der Waals surface area contributed by atoms with Crippen LogP contribution in [0.15, 0.2) is 107 Å². The molecule has 0 aliphatic carbocycles. The van der Waals surface area contributed by atoms with Gasteiger partial charge in [0.05, 0.1) is 30.7 Å². The fourth-order valence-electron chi connectivity index (χ4n) is 5.72. The molecule has 0 spiro atoms. The Labute approximate surface area is 233 Å². The first kappa shape index (κ1) is 25.0. The highest BCUT2D eigenvalue weighted by Crippen LogP contribution is 2.47. The van der Waals surface area contributed by atoms with E-state index in [0.717, 1.165) is 4.47 Å². The van der Waals surface area contributed by atoms with Gasteiger partial charge in [-0.05, 0) is 42.5 Å². The summed E-state index contributed by atoms with van der Waals surface area (Å²) in [6.07, 6.45) is 5.06. The number of nitrogens with zero attached hydrogens (tertiary/aromatic N) is 2. The number of imide groups is 1. The van der Waals surface area contributed by atoms with Crippen molar-refractivity contribution in [3.8, 4) is 5.75 Å². The van der Waals surface area contributed by atoms with Gasteiger partial charge < -0.3 is 9.64 Å². The van der Waals surface area contributed by atoms with Gasteiger partial charge in [-0.1, -0.05) is 64.5 Å². The third-order valence-corrected chi connectivity index (χ3v) is 8.10. The Kier molecular flexibility index (Phi) is 6.27. The van der Waals surface area contributed by atoms with E-state index in [9.17, 15) is 19.2 Å². The number of methoxy groups -OCH3 is 1. The standard InChI is InChI=1S/C31H23BrN2O5/c1-39-23-13-11-22(12-14-23)34-30(37)25-24-17-20(28(35)18-5-3-2-4-6-18)15-16-33(24)27(26(25)31(34)38)29(36)19-7-9-21(32)10-8-19/h2-17,24-27H,1H3/t24-,25+,26-,27+/m1/s1. The van der Waals surface area contributed by atoms with Crippen LogP contribution in [0, 0.1) is 11.8 Å². The number of Topliss-reactive ketones (excluding diaryl/α,β-unsaturated/α-hetero) is 2. The fraction of sp³-hybridized carbons (Fsp3) is 0.161. The molecule has 6 rings (SSSR count). The molecule has 0 N–H and O–H groups in total. The van der Waals surface area contributed by atoms with E-state index in [4.69, 9.17) is 4.74 Å². The summed E-state index contributed by atoms with van der Waals surface area (Å²) in [6, 6.07) is 20.9. The van der Waals surface area contributed by atoms with Crippen LogP contribution in [-0.2, 0) is 9.59 Å². The van der Waals surface area contributed by atoms with Crippen molar-refractivity contribution in [2.45, 2.75) is 12.1 Å². The molecule has 2 amide bonds. The Morgan fingerprint density at radius 2 is 1.49 bits per heavy atom. The van der Waals surface area contributed by atoms with E-state index in [1.54, 1.807) is 96.0 Å². The first-order chi connectivity index (χ1) is 18.9. The van der Waals surface area contributed by atoms with Crippen molar-refractivity contribution in [2.75, 3.05) is 12.0 Å². The van der Waals surface area contributed by atoms with Crippen LogP contribution in [-0.4, -0.2) is 47.5 Å². The third-order valence-electron chi connectivity index (χ3n) is 7.57. The highest BCUT2D eigenvalue weighted by Gasteiger charge is 2.63. The largest absolute Gasteiger partial charge is 0.497 e. The molecule has 2 fully saturated rings. The van der Waals surface area contributed by atoms with Crippen LogP contribution in [0.2, 0.25) is 0 Å². The Balaban J connectivity index is 1.42. The number of halogens is 1. The Hall–Kier alpha value is -4.30. The van der Waals surface area contributed by atoms with E-state index in [1.165, 1.54) is 12.0 Å². The second kappa shape index (κ2) is 9.78. The summed E-state index contributed by atoms with van der Waals surface area (Å²) < 4.78 is 6.04. The van der Waals surface area contributed by atoms with Crippen molar-refractivity contribution in [1.82, 2.24) is 4.90 Å². The predicted molar refractivity (Wildman–Crippen MR) is 148 cm³/mol. The average Bonchev–Trinajstić information content (AvgIpc) is 3.44. The number of anilines is 1. The zero-order chi connectivity index (χ0) is 27.3. The summed E-state index contributed by atoms with van der Waals surface area (Å²) >= 11 is 3.39. The molecule has 0 radical (unpaired) electrons. The first-order valence-corrected chi connectivity index (χ1v) is 13.3. The van der Waals surface area contributed by atoms with Crippen molar-refractivity contribution in [3.05, 3.63) is 118 Å². The Morgan fingerprint density at radius 1 is 0.821 bits per heavy atom. The lowest BCUT2D eigenvalue weighted by molar-refractivity contribution is -0.123. The molecule has 2 saturated heterocycles. The monoisotopic (exact) mass is 582 g/mol. The summed E-state index contributed by atoms with van der Waals surface area (Å²) in [7, 11) is 1.54. The minimum Gasteiger partial charge on any atom is -0.497 e. The quantitative estimate of drug-likeness (QED) is 0.305. The average molecular weight is 583 g/mol. The normalized spacial score (nSPS) is 23.4. The van der Waals surface area contributed by atoms with Crippen LogP contribution in [0.4, 0.5) is 5.69 Å². The van der Waals surface area contributed by atoms with E-state index in [0.29, 0.717) is 28.1 Å². The summed E-state index contributed by atoms with van der Waals surface area (Å²) in [6.45, 7) is 0. The lowest BCUT2D eigenvalue weighted by atomic mass is 9.85. The van der Waals surface area contributed by atoms with Gasteiger partial charge in [0.15, 0.2) is 11.6 Å². The van der Waals surface area contributed by atoms with Crippen LogP contribution < -0.4 is 9.64 Å². The van der Waals surface area contributed by atoms with E-state index in [2.05, 4.69) is 15.9 Å². The highest BCUT2D eigenvalue weighted by molar-refractivity contribution is 9.10. The molecule has 3 aliphatic rings. The van der Waals surface area contributed by atoms with Crippen molar-refractivity contribution >= 4 is 45.0 Å². The van der Waals surface area contributed by atoms with Crippen LogP contribution in [0.3, 0.4) is 0 Å². The van der Waals surface area contributed by atoms with Gasteiger partial charge in [-0.15, -0.1) is 0 Å². The van der Waals surface area contributed by atoms with E-state index in [-0.39, 0.29) is 11.6 Å². The van der Waals surface area contributed by atoms with Crippen LogP contribution in [0.25, 0.3) is 0 Å². The van der Waals surface area contributed by atoms with Gasteiger partial charge in [0, 0.05) is 27.4 Å². The van der Waals surface area contributed by atoms with Crippen molar-refractivity contribution in [3.63, 3.8) is 0 Å². The number of hydrogen-bond acceptors (Lipinski definition) is 6. The molecule has 0 aromatic heterocycles. The Bertz CT molecular complexity index is 1550. The molecule has 3 heterocycles. The SMILES string of the molecule is COc1ccc(N2C(=O)[C@@H]3[C@@H](C2=O)[C@@H](C(=O)c2ccc(Br)cc2)N2C=CC(C(=O)c4ccccc4)=C[C@H]32)cc1. The molecular formula is C31H23BrN2O5. The summed E-state index contributed by atoms with van der Waals surface area (Å²) in [5.41, 5.74) is 1.79. The maximum Gasteiger partial charge on any atom is 0.240 e. The van der Waals surface area contributed by atoms with Crippen molar-refractivity contribution < 1.29 is 23.9 Å². The molecule has 3 aromatic rings. The van der Waals surface area contributed by atoms with Gasteiger partial charge in [-0.2, -0.15) is 0 Å². The number of ketones is 2. The molecule has 3 aromatic carbocycles. The smallest absolute Gasteiger partial charge is 0.240 e. The number of hydrogen-bond donors (Lipinski definition) is 0. The maximum absolute atomic E-state index is 13.9. The Morgan fingerprint density at radius 3 is 2.15 bits per heavy atom. The van der Waals surface area contributed by atoms with Crippen LogP contribution in [0.5, 0.6) is 5.75 Å². The van der Waals surface area contributed by atoms with E-state index in [1.807, 2.05) is 6.07 Å². The number of fused-ring (bicyclic) bond motifs is 3. The summed E-state index contributed by atoms with van der Waals surface area (Å²) in [4.78, 5) is 57.9. The molecule has 39 heavy (non-hydrogen) atoms. The molecular weight excluding hydrogens is 560 g/mol. The van der Waals surface area contributed by atoms with Gasteiger partial charge in [-0.3, -0.25) is 19.2 Å². The maximum atomic E-state index is 13.9. The molecule has 8 heteroatoms. The highest BCUT2D eigenvalue weighted by atomic mass is 79.9. The van der Waals surface area contributed by atoms with Crippen molar-refractivity contribution in [1.29, 1.82) is 0 Å². The number of carbonyl (C=O) groups excluding carboxylic acids is 4.